The normalized spacial score (nSPS) is 9.06. The molecule has 6 heteroatoms. The van der Waals surface area contributed by atoms with Crippen molar-refractivity contribution in [3.63, 3.8) is 0 Å². The van der Waals surface area contributed by atoms with Gasteiger partial charge in [-0.25, -0.2) is 0 Å². The van der Waals surface area contributed by atoms with Crippen molar-refractivity contribution < 1.29 is 66.1 Å². The predicted molar refractivity (Wildman–Crippen MR) is 56.9 cm³/mol. The number of carboxylic acids is 1. The second-order valence-electron chi connectivity index (χ2n) is 2.78. The zero-order valence-electron chi connectivity index (χ0n) is 8.83. The van der Waals surface area contributed by atoms with E-state index in [-0.39, 0.29) is 62.5 Å². The van der Waals surface area contributed by atoms with E-state index < -0.39 is 11.9 Å². The Balaban J connectivity index is 0.00000225. The molecule has 80 valence electrons. The molecular formula is C10H9BrKNO3. The minimum absolute atomic E-state index is 0. The van der Waals surface area contributed by atoms with E-state index in [1.807, 2.05) is 0 Å². The Morgan fingerprint density at radius 1 is 1.25 bits per heavy atom. The molecule has 0 aliphatic carbocycles. The summed E-state index contributed by atoms with van der Waals surface area (Å²) < 4.78 is 0. The molecule has 0 saturated heterocycles. The zero-order valence-corrected chi connectivity index (χ0v) is 13.5. The van der Waals surface area contributed by atoms with Crippen LogP contribution in [0.25, 0.3) is 0 Å². The van der Waals surface area contributed by atoms with Crippen LogP contribution in [0.2, 0.25) is 0 Å². The van der Waals surface area contributed by atoms with Gasteiger partial charge >= 0.3 is 51.4 Å². The summed E-state index contributed by atoms with van der Waals surface area (Å²) >= 11 is 3.15. The number of alkyl halides is 1. The first kappa shape index (κ1) is 16.3. The first-order chi connectivity index (χ1) is 7.16. The molecule has 0 saturated carbocycles. The SMILES string of the molecule is O=C([O-])c1ccccc1C(=O)NCCBr.[K+]. The Morgan fingerprint density at radius 2 is 1.81 bits per heavy atom. The van der Waals surface area contributed by atoms with Gasteiger partial charge in [-0.15, -0.1) is 0 Å². The van der Waals surface area contributed by atoms with Crippen LogP contribution in [-0.2, 0) is 0 Å². The van der Waals surface area contributed by atoms with Gasteiger partial charge in [0, 0.05) is 23.0 Å². The van der Waals surface area contributed by atoms with E-state index >= 15 is 0 Å². The maximum absolute atomic E-state index is 11.5. The maximum Gasteiger partial charge on any atom is 1.00 e. The average Bonchev–Trinajstić information content (AvgIpc) is 2.25. The summed E-state index contributed by atoms with van der Waals surface area (Å²) in [6.07, 6.45) is 0. The molecule has 0 aliphatic heterocycles. The molecule has 1 amide bonds. The zero-order chi connectivity index (χ0) is 11.3. The second-order valence-corrected chi connectivity index (χ2v) is 3.57. The number of carbonyl (C=O) groups is 2. The van der Waals surface area contributed by atoms with Crippen molar-refractivity contribution in [1.82, 2.24) is 5.32 Å². The largest absolute Gasteiger partial charge is 1.00 e. The number of benzene rings is 1. The first-order valence-electron chi connectivity index (χ1n) is 4.31. The first-order valence-corrected chi connectivity index (χ1v) is 5.43. The van der Waals surface area contributed by atoms with E-state index in [4.69, 9.17) is 0 Å². The Labute approximate surface area is 144 Å². The molecule has 0 radical (unpaired) electrons. The summed E-state index contributed by atoms with van der Waals surface area (Å²) in [6.45, 7) is 0.445. The number of halogens is 1. The third kappa shape index (κ3) is 4.64. The van der Waals surface area contributed by atoms with Crippen molar-refractivity contribution in [3.8, 4) is 0 Å². The van der Waals surface area contributed by atoms with Crippen LogP contribution >= 0.6 is 15.9 Å². The van der Waals surface area contributed by atoms with Crippen LogP contribution in [0.3, 0.4) is 0 Å². The number of carboxylic acid groups (broad SMARTS) is 1. The molecule has 4 nitrogen and oxygen atoms in total. The smallest absolute Gasteiger partial charge is 0.545 e. The van der Waals surface area contributed by atoms with Gasteiger partial charge in [0.1, 0.15) is 0 Å². The fourth-order valence-electron chi connectivity index (χ4n) is 1.12. The fraction of sp³-hybridized carbons (Fsp3) is 0.200. The molecule has 16 heavy (non-hydrogen) atoms. The Bertz CT molecular complexity index is 384. The summed E-state index contributed by atoms with van der Waals surface area (Å²) in [5, 5.41) is 13.9. The molecule has 0 heterocycles. The number of aromatic carboxylic acids is 1. The molecular weight excluding hydrogens is 301 g/mol. The quantitative estimate of drug-likeness (QED) is 0.482. The third-order valence-corrected chi connectivity index (χ3v) is 2.17. The van der Waals surface area contributed by atoms with Crippen LogP contribution in [0.5, 0.6) is 0 Å². The molecule has 0 aliphatic rings. The van der Waals surface area contributed by atoms with E-state index in [2.05, 4.69) is 21.2 Å². The molecule has 1 N–H and O–H groups in total. The van der Waals surface area contributed by atoms with E-state index in [1.165, 1.54) is 12.1 Å². The molecule has 0 fully saturated rings. The van der Waals surface area contributed by atoms with Crippen LogP contribution in [-0.4, -0.2) is 23.8 Å². The Hall–Kier alpha value is 0.276. The van der Waals surface area contributed by atoms with Crippen molar-refractivity contribution in [2.75, 3.05) is 11.9 Å². The van der Waals surface area contributed by atoms with Gasteiger partial charge in [0.15, 0.2) is 0 Å². The van der Waals surface area contributed by atoms with Gasteiger partial charge < -0.3 is 15.2 Å². The van der Waals surface area contributed by atoms with Crippen LogP contribution < -0.4 is 61.8 Å². The number of nitrogens with one attached hydrogen (secondary N) is 1. The van der Waals surface area contributed by atoms with E-state index in [1.54, 1.807) is 12.1 Å². The van der Waals surface area contributed by atoms with Gasteiger partial charge in [-0.2, -0.15) is 0 Å². The Morgan fingerprint density at radius 3 is 2.31 bits per heavy atom. The van der Waals surface area contributed by atoms with Gasteiger partial charge in [0.25, 0.3) is 5.91 Å². The van der Waals surface area contributed by atoms with E-state index in [9.17, 15) is 14.7 Å². The summed E-state index contributed by atoms with van der Waals surface area (Å²) in [6, 6.07) is 5.95. The van der Waals surface area contributed by atoms with Crippen LogP contribution in [0.4, 0.5) is 0 Å². The maximum atomic E-state index is 11.5. The van der Waals surface area contributed by atoms with Crippen molar-refractivity contribution in [2.24, 2.45) is 0 Å². The molecule has 1 aromatic rings. The molecule has 0 atom stereocenters. The van der Waals surface area contributed by atoms with Gasteiger partial charge in [0.2, 0.25) is 0 Å². The number of hydrogen-bond donors (Lipinski definition) is 1. The van der Waals surface area contributed by atoms with Gasteiger partial charge in [-0.1, -0.05) is 34.1 Å². The van der Waals surface area contributed by atoms with Crippen molar-refractivity contribution in [3.05, 3.63) is 35.4 Å². The molecule has 0 unspecified atom stereocenters. The summed E-state index contributed by atoms with van der Waals surface area (Å²) in [4.78, 5) is 22.2. The minimum Gasteiger partial charge on any atom is -0.545 e. The third-order valence-electron chi connectivity index (χ3n) is 1.77. The van der Waals surface area contributed by atoms with Crippen LogP contribution in [0.15, 0.2) is 24.3 Å². The predicted octanol–water partition coefficient (Wildman–Crippen LogP) is -2.82. The minimum atomic E-state index is -1.35. The molecule has 1 rings (SSSR count). The Kier molecular flexibility index (Phi) is 8.52. The topological polar surface area (TPSA) is 69.2 Å². The van der Waals surface area contributed by atoms with Crippen LogP contribution in [0.1, 0.15) is 20.7 Å². The summed E-state index contributed by atoms with van der Waals surface area (Å²) in [7, 11) is 0. The summed E-state index contributed by atoms with van der Waals surface area (Å²) in [5.74, 6) is -1.76. The molecule has 1 aromatic carbocycles. The molecule has 0 spiro atoms. The monoisotopic (exact) mass is 309 g/mol. The van der Waals surface area contributed by atoms with Gasteiger partial charge in [0.05, 0.1) is 5.97 Å². The molecule has 0 aromatic heterocycles. The summed E-state index contributed by atoms with van der Waals surface area (Å²) in [5.41, 5.74) is 0.0306. The average molecular weight is 310 g/mol. The van der Waals surface area contributed by atoms with Crippen LogP contribution in [0, 0.1) is 0 Å². The number of carbonyl (C=O) groups excluding carboxylic acids is 2. The van der Waals surface area contributed by atoms with Gasteiger partial charge in [-0.05, 0) is 6.07 Å². The van der Waals surface area contributed by atoms with Gasteiger partial charge in [-0.3, -0.25) is 4.79 Å². The standard InChI is InChI=1S/C10H10BrNO3.K/c11-5-6-12-9(13)7-3-1-2-4-8(7)10(14)15;/h1-4H,5-6H2,(H,12,13)(H,14,15);/q;+1/p-1. The fourth-order valence-corrected chi connectivity index (χ4v) is 1.31. The van der Waals surface area contributed by atoms with Crippen molar-refractivity contribution >= 4 is 27.8 Å². The molecule has 0 bridgehead atoms. The second kappa shape index (κ2) is 8.38. The number of amides is 1. The van der Waals surface area contributed by atoms with E-state index in [0.29, 0.717) is 11.9 Å². The van der Waals surface area contributed by atoms with Crippen molar-refractivity contribution in [2.45, 2.75) is 0 Å². The van der Waals surface area contributed by atoms with E-state index in [0.717, 1.165) is 0 Å². The van der Waals surface area contributed by atoms with Crippen molar-refractivity contribution in [1.29, 1.82) is 0 Å². The number of rotatable bonds is 4. The number of hydrogen-bond acceptors (Lipinski definition) is 3.